The third kappa shape index (κ3) is 4.94. The van der Waals surface area contributed by atoms with Crippen LogP contribution in [0, 0.1) is 11.6 Å². The minimum Gasteiger partial charge on any atom is -0.343 e. The van der Waals surface area contributed by atoms with Gasteiger partial charge in [0.25, 0.3) is 5.56 Å². The van der Waals surface area contributed by atoms with Crippen LogP contribution in [0.2, 0.25) is 0 Å². The lowest BCUT2D eigenvalue weighted by molar-refractivity contribution is -0.144. The first kappa shape index (κ1) is 25.3. The zero-order chi connectivity index (χ0) is 26.0. The average molecular weight is 494 g/mol. The predicted molar refractivity (Wildman–Crippen MR) is 134 cm³/mol. The SMILES string of the molecule is CCc1ccc2n(c1=O)C(Cc1cccc(-c3cccc(F)c3)c1F)C(NC(=O)C(=O)N(C)C)CC2. The molecule has 0 radical (unpaired) electrons. The van der Waals surface area contributed by atoms with E-state index in [1.165, 1.54) is 37.2 Å². The van der Waals surface area contributed by atoms with Crippen molar-refractivity contribution in [1.29, 1.82) is 0 Å². The molecule has 0 fully saturated rings. The van der Waals surface area contributed by atoms with Crippen LogP contribution in [0.15, 0.2) is 59.4 Å². The molecule has 2 unspecified atom stereocenters. The molecule has 0 saturated heterocycles. The number of carbonyl (C=O) groups is 2. The van der Waals surface area contributed by atoms with Gasteiger partial charge in [-0.25, -0.2) is 8.78 Å². The van der Waals surface area contributed by atoms with Crippen molar-refractivity contribution in [2.75, 3.05) is 14.1 Å². The van der Waals surface area contributed by atoms with Crippen LogP contribution in [0.3, 0.4) is 0 Å². The molecule has 2 atom stereocenters. The van der Waals surface area contributed by atoms with Gasteiger partial charge in [-0.1, -0.05) is 43.3 Å². The second-order valence-corrected chi connectivity index (χ2v) is 9.26. The first-order valence-corrected chi connectivity index (χ1v) is 12.0. The van der Waals surface area contributed by atoms with Crippen LogP contribution in [0.1, 0.15) is 36.2 Å². The number of aromatic nitrogens is 1. The highest BCUT2D eigenvalue weighted by atomic mass is 19.1. The molecule has 2 aromatic carbocycles. The average Bonchev–Trinajstić information content (AvgIpc) is 2.86. The van der Waals surface area contributed by atoms with Gasteiger partial charge in [0.1, 0.15) is 11.6 Å². The third-order valence-electron chi connectivity index (χ3n) is 6.73. The van der Waals surface area contributed by atoms with Crippen LogP contribution in [0.5, 0.6) is 0 Å². The lowest BCUT2D eigenvalue weighted by Crippen LogP contribution is -2.52. The number of nitrogens with zero attached hydrogens (tertiary/aromatic N) is 2. The van der Waals surface area contributed by atoms with Gasteiger partial charge >= 0.3 is 11.8 Å². The maximum absolute atomic E-state index is 15.7. The van der Waals surface area contributed by atoms with E-state index in [1.807, 2.05) is 19.1 Å². The summed E-state index contributed by atoms with van der Waals surface area (Å²) in [6, 6.07) is 13.2. The molecule has 2 heterocycles. The summed E-state index contributed by atoms with van der Waals surface area (Å²) in [5.41, 5.74) is 2.23. The lowest BCUT2D eigenvalue weighted by atomic mass is 9.89. The zero-order valence-electron chi connectivity index (χ0n) is 20.6. The second-order valence-electron chi connectivity index (χ2n) is 9.26. The Morgan fingerprint density at radius 3 is 2.50 bits per heavy atom. The van der Waals surface area contributed by atoms with Crippen molar-refractivity contribution in [2.45, 2.75) is 44.7 Å². The standard InChI is InChI=1S/C28H29F2N3O3/c1-4-17-11-12-21-13-14-23(31-26(34)28(36)32(2)3)24(33(21)27(17)35)16-19-8-6-10-22(25(19)30)18-7-5-9-20(29)15-18/h5-12,15,23-24H,4,13-14,16H2,1-3H3,(H,31,34). The molecule has 3 aromatic rings. The normalized spacial score (nSPS) is 16.8. The van der Waals surface area contributed by atoms with E-state index in [-0.39, 0.29) is 17.5 Å². The number of amides is 2. The third-order valence-corrected chi connectivity index (χ3v) is 6.73. The number of rotatable bonds is 5. The molecule has 6 nitrogen and oxygen atoms in total. The van der Waals surface area contributed by atoms with E-state index in [1.54, 1.807) is 28.8 Å². The number of benzene rings is 2. The molecule has 188 valence electrons. The highest BCUT2D eigenvalue weighted by molar-refractivity contribution is 6.34. The molecule has 1 aromatic heterocycles. The molecule has 1 aliphatic rings. The van der Waals surface area contributed by atoms with Crippen LogP contribution in [0.4, 0.5) is 8.78 Å². The van der Waals surface area contributed by atoms with E-state index in [0.29, 0.717) is 36.0 Å². The molecule has 4 rings (SSSR count). The molecule has 0 spiro atoms. The van der Waals surface area contributed by atoms with Crippen molar-refractivity contribution in [3.63, 3.8) is 0 Å². The van der Waals surface area contributed by atoms with E-state index in [2.05, 4.69) is 5.32 Å². The summed E-state index contributed by atoms with van der Waals surface area (Å²) in [6.45, 7) is 1.89. The van der Waals surface area contributed by atoms with Crippen molar-refractivity contribution in [1.82, 2.24) is 14.8 Å². The molecular formula is C28H29F2N3O3. The summed E-state index contributed by atoms with van der Waals surface area (Å²) < 4.78 is 31.2. The van der Waals surface area contributed by atoms with Gasteiger partial charge in [-0.2, -0.15) is 0 Å². The van der Waals surface area contributed by atoms with Crippen molar-refractivity contribution in [3.8, 4) is 11.1 Å². The Morgan fingerprint density at radius 1 is 1.06 bits per heavy atom. The van der Waals surface area contributed by atoms with E-state index in [0.717, 1.165) is 5.69 Å². The van der Waals surface area contributed by atoms with Gasteiger partial charge in [0, 0.05) is 30.9 Å². The Balaban J connectivity index is 1.77. The summed E-state index contributed by atoms with van der Waals surface area (Å²) in [6.07, 6.45) is 1.66. The minimum absolute atomic E-state index is 0.107. The van der Waals surface area contributed by atoms with Gasteiger partial charge in [-0.3, -0.25) is 14.4 Å². The summed E-state index contributed by atoms with van der Waals surface area (Å²) in [4.78, 5) is 39.4. The number of pyridine rings is 1. The van der Waals surface area contributed by atoms with Crippen LogP contribution in [-0.2, 0) is 28.9 Å². The summed E-state index contributed by atoms with van der Waals surface area (Å²) in [7, 11) is 2.97. The van der Waals surface area contributed by atoms with Crippen LogP contribution in [-0.4, -0.2) is 41.4 Å². The zero-order valence-corrected chi connectivity index (χ0v) is 20.6. The Kier molecular flexibility index (Phi) is 7.33. The Morgan fingerprint density at radius 2 is 1.81 bits per heavy atom. The molecule has 0 saturated carbocycles. The summed E-state index contributed by atoms with van der Waals surface area (Å²) in [5.74, 6) is -2.45. The fraction of sp³-hybridized carbons (Fsp3) is 0.321. The molecule has 36 heavy (non-hydrogen) atoms. The molecular weight excluding hydrogens is 464 g/mol. The molecule has 2 amide bonds. The summed E-state index contributed by atoms with van der Waals surface area (Å²) >= 11 is 0. The van der Waals surface area contributed by atoms with E-state index >= 15 is 4.39 Å². The molecule has 1 aliphatic heterocycles. The highest BCUT2D eigenvalue weighted by Crippen LogP contribution is 2.31. The van der Waals surface area contributed by atoms with E-state index < -0.39 is 35.5 Å². The number of likely N-dealkylation sites (N-methyl/N-ethyl adjacent to an activating group) is 1. The number of carbonyl (C=O) groups excluding carboxylic acids is 2. The first-order chi connectivity index (χ1) is 17.2. The number of hydrogen-bond acceptors (Lipinski definition) is 3. The van der Waals surface area contributed by atoms with Gasteiger partial charge in [0.2, 0.25) is 0 Å². The number of nitrogens with one attached hydrogen (secondary N) is 1. The number of hydrogen-bond donors (Lipinski definition) is 1. The molecule has 0 aliphatic carbocycles. The quantitative estimate of drug-likeness (QED) is 0.552. The fourth-order valence-corrected chi connectivity index (χ4v) is 4.82. The number of aryl methyl sites for hydroxylation is 2. The smallest absolute Gasteiger partial charge is 0.311 e. The van der Waals surface area contributed by atoms with Gasteiger partial charge in [0.15, 0.2) is 0 Å². The van der Waals surface area contributed by atoms with Gasteiger partial charge in [-0.15, -0.1) is 0 Å². The minimum atomic E-state index is -0.771. The van der Waals surface area contributed by atoms with Gasteiger partial charge in [-0.05, 0) is 55.0 Å². The maximum Gasteiger partial charge on any atom is 0.311 e. The van der Waals surface area contributed by atoms with Crippen molar-refractivity contribution >= 4 is 11.8 Å². The van der Waals surface area contributed by atoms with Gasteiger partial charge in [0.05, 0.1) is 12.1 Å². The monoisotopic (exact) mass is 493 g/mol. The maximum atomic E-state index is 15.7. The lowest BCUT2D eigenvalue weighted by Gasteiger charge is -2.36. The van der Waals surface area contributed by atoms with E-state index in [4.69, 9.17) is 0 Å². The predicted octanol–water partition coefficient (Wildman–Crippen LogP) is 3.66. The Labute approximate surface area is 208 Å². The van der Waals surface area contributed by atoms with Crippen molar-refractivity contribution in [3.05, 3.63) is 93.4 Å². The van der Waals surface area contributed by atoms with Crippen LogP contribution >= 0.6 is 0 Å². The molecule has 0 bridgehead atoms. The Hall–Kier alpha value is -3.81. The number of fused-ring (bicyclic) bond motifs is 1. The molecule has 1 N–H and O–H groups in total. The van der Waals surface area contributed by atoms with Crippen molar-refractivity contribution in [2.24, 2.45) is 0 Å². The summed E-state index contributed by atoms with van der Waals surface area (Å²) in [5, 5.41) is 2.79. The largest absolute Gasteiger partial charge is 0.343 e. The van der Waals surface area contributed by atoms with E-state index in [9.17, 15) is 18.8 Å². The topological polar surface area (TPSA) is 71.4 Å². The fourth-order valence-electron chi connectivity index (χ4n) is 4.82. The van der Waals surface area contributed by atoms with Crippen LogP contribution in [0.25, 0.3) is 11.1 Å². The second kappa shape index (κ2) is 10.4. The molecule has 8 heteroatoms. The Bertz CT molecular complexity index is 1370. The van der Waals surface area contributed by atoms with Crippen molar-refractivity contribution < 1.29 is 18.4 Å². The highest BCUT2D eigenvalue weighted by Gasteiger charge is 2.34. The van der Waals surface area contributed by atoms with Gasteiger partial charge < -0.3 is 14.8 Å². The van der Waals surface area contributed by atoms with Crippen LogP contribution < -0.4 is 10.9 Å². The number of halogens is 2. The first-order valence-electron chi connectivity index (χ1n) is 12.0.